The lowest BCUT2D eigenvalue weighted by Crippen LogP contribution is -2.16. The normalized spacial score (nSPS) is 5.83. The first kappa shape index (κ1) is 10.2. The molecule has 1 amide bonds. The molecule has 0 aliphatic heterocycles. The van der Waals surface area contributed by atoms with E-state index in [-0.39, 0.29) is 12.3 Å². The van der Waals surface area contributed by atoms with E-state index in [0.29, 0.717) is 0 Å². The van der Waals surface area contributed by atoms with Crippen molar-refractivity contribution in [3.05, 3.63) is 0 Å². The molecule has 0 aromatic carbocycles. The second-order valence-electron chi connectivity index (χ2n) is 1.78. The molecule has 0 unspecified atom stereocenters. The van der Waals surface area contributed by atoms with Crippen LogP contribution in [0.1, 0.15) is 13.3 Å². The van der Waals surface area contributed by atoms with Gasteiger partial charge in [0.05, 0.1) is 6.42 Å². The van der Waals surface area contributed by atoms with Gasteiger partial charge in [-0.2, -0.15) is 0 Å². The van der Waals surface area contributed by atoms with Gasteiger partial charge in [0, 0.05) is 7.05 Å². The minimum absolute atomic E-state index is 0.106. The predicted octanol–water partition coefficient (Wildman–Crippen LogP) is 0.153. The fourth-order valence-electron chi connectivity index (χ4n) is 0.382. The third-order valence-corrected chi connectivity index (χ3v) is 0.929. The van der Waals surface area contributed by atoms with Crippen LogP contribution in [-0.4, -0.2) is 13.0 Å². The lowest BCUT2D eigenvalue weighted by Gasteiger charge is -1.87. The minimum atomic E-state index is -0.106. The second-order valence-corrected chi connectivity index (χ2v) is 1.78. The molecule has 0 heterocycles. The summed E-state index contributed by atoms with van der Waals surface area (Å²) < 4.78 is 0. The van der Waals surface area contributed by atoms with Crippen LogP contribution in [-0.2, 0) is 4.79 Å². The van der Waals surface area contributed by atoms with Crippen molar-refractivity contribution in [3.8, 4) is 35.5 Å². The summed E-state index contributed by atoms with van der Waals surface area (Å²) in [6, 6.07) is 0. The summed E-state index contributed by atoms with van der Waals surface area (Å²) in [6.45, 7) is 1.70. The number of amides is 1. The van der Waals surface area contributed by atoms with Gasteiger partial charge in [-0.05, 0) is 30.6 Å². The second kappa shape index (κ2) is 7.26. The number of hydrogen-bond donors (Lipinski definition) is 1. The molecule has 0 rings (SSSR count). The highest BCUT2D eigenvalue weighted by Gasteiger charge is 1.88. The molecule has 0 saturated carbocycles. The monoisotopic (exact) mass is 159 g/mol. The van der Waals surface area contributed by atoms with Crippen molar-refractivity contribution in [2.24, 2.45) is 0 Å². The molecule has 0 bridgehead atoms. The summed E-state index contributed by atoms with van der Waals surface area (Å²) in [5.41, 5.74) is 0. The molecule has 12 heavy (non-hydrogen) atoms. The first-order valence-electron chi connectivity index (χ1n) is 3.41. The smallest absolute Gasteiger partial charge is 0.231 e. The van der Waals surface area contributed by atoms with Crippen LogP contribution >= 0.6 is 0 Å². The van der Waals surface area contributed by atoms with Crippen LogP contribution in [0.15, 0.2) is 0 Å². The van der Waals surface area contributed by atoms with E-state index in [0.717, 1.165) is 0 Å². The van der Waals surface area contributed by atoms with Gasteiger partial charge in [-0.1, -0.05) is 11.8 Å². The summed E-state index contributed by atoms with van der Waals surface area (Å²) in [7, 11) is 1.57. The minimum Gasteiger partial charge on any atom is -0.358 e. The molecule has 0 aromatic rings. The zero-order valence-corrected chi connectivity index (χ0v) is 7.12. The zero-order valence-electron chi connectivity index (χ0n) is 7.12. The van der Waals surface area contributed by atoms with Gasteiger partial charge in [0.15, 0.2) is 0 Å². The lowest BCUT2D eigenvalue weighted by atomic mass is 10.4. The Hall–Kier alpha value is -1.85. The van der Waals surface area contributed by atoms with Crippen molar-refractivity contribution < 1.29 is 4.79 Å². The van der Waals surface area contributed by atoms with E-state index in [1.807, 2.05) is 0 Å². The van der Waals surface area contributed by atoms with E-state index < -0.39 is 0 Å². The van der Waals surface area contributed by atoms with Crippen LogP contribution in [0.5, 0.6) is 0 Å². The topological polar surface area (TPSA) is 29.1 Å². The Morgan fingerprint density at radius 1 is 1.25 bits per heavy atom. The van der Waals surface area contributed by atoms with Gasteiger partial charge in [-0.25, -0.2) is 0 Å². The van der Waals surface area contributed by atoms with Crippen molar-refractivity contribution in [2.75, 3.05) is 7.05 Å². The molecular weight excluding hydrogens is 150 g/mol. The fourth-order valence-corrected chi connectivity index (χ4v) is 0.382. The highest BCUT2D eigenvalue weighted by molar-refractivity contribution is 5.78. The average molecular weight is 159 g/mol. The van der Waals surface area contributed by atoms with E-state index in [4.69, 9.17) is 0 Å². The molecule has 0 aromatic heterocycles. The van der Waals surface area contributed by atoms with E-state index in [1.165, 1.54) is 0 Å². The van der Waals surface area contributed by atoms with Crippen molar-refractivity contribution in [3.63, 3.8) is 0 Å². The van der Waals surface area contributed by atoms with E-state index in [9.17, 15) is 4.79 Å². The number of hydrogen-bond acceptors (Lipinski definition) is 1. The van der Waals surface area contributed by atoms with E-state index >= 15 is 0 Å². The van der Waals surface area contributed by atoms with Crippen molar-refractivity contribution >= 4 is 5.91 Å². The molecule has 0 aliphatic rings. The highest BCUT2D eigenvalue weighted by Crippen LogP contribution is 1.72. The molecule has 1 N–H and O–H groups in total. The molecular formula is C10H9NO. The maximum atomic E-state index is 10.6. The summed E-state index contributed by atoms with van der Waals surface area (Å²) in [5.74, 6) is 15.2. The quantitative estimate of drug-likeness (QED) is 0.542. The Morgan fingerprint density at radius 3 is 2.50 bits per heavy atom. The van der Waals surface area contributed by atoms with Crippen molar-refractivity contribution in [1.29, 1.82) is 0 Å². The van der Waals surface area contributed by atoms with Crippen LogP contribution in [0.4, 0.5) is 0 Å². The number of nitrogens with one attached hydrogen (secondary N) is 1. The van der Waals surface area contributed by atoms with Crippen LogP contribution in [0.3, 0.4) is 0 Å². The summed E-state index contributed by atoms with van der Waals surface area (Å²) >= 11 is 0. The van der Waals surface area contributed by atoms with Crippen LogP contribution < -0.4 is 5.32 Å². The van der Waals surface area contributed by atoms with Gasteiger partial charge in [0.1, 0.15) is 0 Å². The van der Waals surface area contributed by atoms with Crippen LogP contribution in [0.25, 0.3) is 0 Å². The number of carbonyl (C=O) groups excluding carboxylic acids is 1. The lowest BCUT2D eigenvalue weighted by molar-refractivity contribution is -0.119. The molecule has 0 radical (unpaired) electrons. The highest BCUT2D eigenvalue weighted by atomic mass is 16.1. The summed E-state index contributed by atoms with van der Waals surface area (Å²) in [6.07, 6.45) is 0.185. The molecule has 0 saturated heterocycles. The first-order chi connectivity index (χ1) is 5.81. The third kappa shape index (κ3) is 6.27. The van der Waals surface area contributed by atoms with Gasteiger partial charge < -0.3 is 5.32 Å². The molecule has 0 atom stereocenters. The van der Waals surface area contributed by atoms with Gasteiger partial charge >= 0.3 is 0 Å². The third-order valence-electron chi connectivity index (χ3n) is 0.929. The Balaban J connectivity index is 3.82. The summed E-state index contributed by atoms with van der Waals surface area (Å²) in [5, 5.41) is 2.45. The van der Waals surface area contributed by atoms with Crippen LogP contribution in [0.2, 0.25) is 0 Å². The Morgan fingerprint density at radius 2 is 1.92 bits per heavy atom. The standard InChI is InChI=1S/C10H9NO/c1-3-4-5-6-7-8-9-10(12)11-2/h9H2,1-2H3,(H,11,12). The van der Waals surface area contributed by atoms with Crippen molar-refractivity contribution in [1.82, 2.24) is 5.32 Å². The summed E-state index contributed by atoms with van der Waals surface area (Å²) in [4.78, 5) is 10.6. The van der Waals surface area contributed by atoms with Gasteiger partial charge in [-0.3, -0.25) is 4.79 Å². The zero-order chi connectivity index (χ0) is 9.23. The molecule has 0 spiro atoms. The van der Waals surface area contributed by atoms with E-state index in [1.54, 1.807) is 14.0 Å². The Bertz CT molecular complexity index is 322. The largest absolute Gasteiger partial charge is 0.358 e. The van der Waals surface area contributed by atoms with E-state index in [2.05, 4.69) is 40.8 Å². The molecule has 0 aliphatic carbocycles. The number of rotatable bonds is 1. The van der Waals surface area contributed by atoms with Crippen molar-refractivity contribution in [2.45, 2.75) is 13.3 Å². The first-order valence-corrected chi connectivity index (χ1v) is 3.41. The van der Waals surface area contributed by atoms with Gasteiger partial charge in [0.2, 0.25) is 5.91 Å². The Kier molecular flexibility index (Phi) is 6.14. The fraction of sp³-hybridized carbons (Fsp3) is 0.300. The molecule has 2 heteroatoms. The SMILES string of the molecule is CC#CC#CC#CCC(=O)NC. The maximum absolute atomic E-state index is 10.6. The number of carbonyl (C=O) groups is 1. The van der Waals surface area contributed by atoms with Crippen LogP contribution in [0, 0.1) is 35.5 Å². The maximum Gasteiger partial charge on any atom is 0.231 e. The molecule has 2 nitrogen and oxygen atoms in total. The van der Waals surface area contributed by atoms with Gasteiger partial charge in [-0.15, -0.1) is 0 Å². The average Bonchev–Trinajstić information content (AvgIpc) is 2.10. The predicted molar refractivity (Wildman–Crippen MR) is 47.7 cm³/mol. The Labute approximate surface area is 72.7 Å². The molecule has 60 valence electrons. The molecule has 0 fully saturated rings. The van der Waals surface area contributed by atoms with Gasteiger partial charge in [0.25, 0.3) is 0 Å².